The van der Waals surface area contributed by atoms with Crippen LogP contribution in [0.15, 0.2) is 28.8 Å². The van der Waals surface area contributed by atoms with E-state index < -0.39 is 0 Å². The summed E-state index contributed by atoms with van der Waals surface area (Å²) in [6.07, 6.45) is 3.53. The monoisotopic (exact) mass is 297 g/mol. The Kier molecular flexibility index (Phi) is 2.75. The molecule has 1 aromatic carbocycles. The highest BCUT2D eigenvalue weighted by Gasteiger charge is 2.10. The lowest BCUT2D eigenvalue weighted by Crippen LogP contribution is -1.83. The molecular formula is C12H7N7OS. The Bertz CT molecular complexity index is 876. The molecule has 0 unspecified atom stereocenters. The van der Waals surface area contributed by atoms with Crippen LogP contribution in [-0.4, -0.2) is 35.7 Å². The molecule has 0 aliphatic carbocycles. The molecule has 4 aromatic rings. The molecule has 0 spiro atoms. The van der Waals surface area contributed by atoms with Crippen LogP contribution in [0.25, 0.3) is 34.0 Å². The predicted octanol–water partition coefficient (Wildman–Crippen LogP) is 2.03. The number of aromatic amines is 1. The van der Waals surface area contributed by atoms with Crippen LogP contribution < -0.4 is 0 Å². The first-order chi connectivity index (χ1) is 10.4. The van der Waals surface area contributed by atoms with Crippen LogP contribution in [0.4, 0.5) is 0 Å². The number of para-hydroxylation sites is 1. The minimum Gasteiger partial charge on any atom is -0.334 e. The van der Waals surface area contributed by atoms with Crippen molar-refractivity contribution in [1.29, 1.82) is 0 Å². The molecule has 0 atom stereocenters. The number of nitrogens with zero attached hydrogens (tertiary/aromatic N) is 6. The fourth-order valence-electron chi connectivity index (χ4n) is 1.75. The fraction of sp³-hybridized carbons (Fsp3) is 0. The highest BCUT2D eigenvalue weighted by molar-refractivity contribution is 7.19. The summed E-state index contributed by atoms with van der Waals surface area (Å²) in [5.74, 6) is 0.931. The normalized spacial score (nSPS) is 11.6. The van der Waals surface area contributed by atoms with Gasteiger partial charge in [0, 0.05) is 6.08 Å². The van der Waals surface area contributed by atoms with Crippen molar-refractivity contribution in [2.45, 2.75) is 0 Å². The van der Waals surface area contributed by atoms with E-state index in [-0.39, 0.29) is 5.82 Å². The summed E-state index contributed by atoms with van der Waals surface area (Å²) < 4.78 is 6.23. The number of hydrogen-bond acceptors (Lipinski definition) is 8. The lowest BCUT2D eigenvalue weighted by atomic mass is 10.3. The van der Waals surface area contributed by atoms with Gasteiger partial charge in [0.25, 0.3) is 5.89 Å². The topological polar surface area (TPSA) is 106 Å². The maximum absolute atomic E-state index is 5.09. The molecule has 4 rings (SSSR count). The summed E-state index contributed by atoms with van der Waals surface area (Å²) in [7, 11) is 0. The van der Waals surface area contributed by atoms with Gasteiger partial charge in [-0.25, -0.2) is 4.98 Å². The summed E-state index contributed by atoms with van der Waals surface area (Å²) in [4.78, 5) is 8.64. The molecule has 0 aliphatic rings. The molecule has 0 aliphatic heterocycles. The number of fused-ring (bicyclic) bond motifs is 1. The van der Waals surface area contributed by atoms with Gasteiger partial charge in [0.1, 0.15) is 5.01 Å². The second-order valence-electron chi connectivity index (χ2n) is 4.04. The molecule has 3 aromatic heterocycles. The van der Waals surface area contributed by atoms with Crippen LogP contribution in [0.3, 0.4) is 0 Å². The predicted molar refractivity (Wildman–Crippen MR) is 76.0 cm³/mol. The van der Waals surface area contributed by atoms with Crippen molar-refractivity contribution in [3.63, 3.8) is 0 Å². The maximum Gasteiger partial charge on any atom is 0.251 e. The van der Waals surface area contributed by atoms with Gasteiger partial charge in [-0.2, -0.15) is 10.2 Å². The van der Waals surface area contributed by atoms with Gasteiger partial charge < -0.3 is 4.52 Å². The molecule has 8 nitrogen and oxygen atoms in total. The van der Waals surface area contributed by atoms with Crippen molar-refractivity contribution in [3.8, 4) is 11.6 Å². The SMILES string of the molecule is C(=C\c1nc2ccccc2s1)/c1nc(-c2nn[nH]n2)no1. The molecule has 0 bridgehead atoms. The van der Waals surface area contributed by atoms with E-state index in [9.17, 15) is 0 Å². The molecule has 3 heterocycles. The number of aromatic nitrogens is 7. The third kappa shape index (κ3) is 2.30. The van der Waals surface area contributed by atoms with E-state index in [0.29, 0.717) is 11.7 Å². The fourth-order valence-corrected chi connectivity index (χ4v) is 2.62. The molecule has 21 heavy (non-hydrogen) atoms. The number of hydrogen-bond donors (Lipinski definition) is 1. The average Bonchev–Trinajstić information content (AvgIpc) is 3.23. The summed E-state index contributed by atoms with van der Waals surface area (Å²) in [5.41, 5.74) is 0.972. The van der Waals surface area contributed by atoms with Gasteiger partial charge in [0.15, 0.2) is 0 Å². The highest BCUT2D eigenvalue weighted by atomic mass is 32.1. The largest absolute Gasteiger partial charge is 0.334 e. The maximum atomic E-state index is 5.09. The van der Waals surface area contributed by atoms with Gasteiger partial charge in [0.05, 0.1) is 10.2 Å². The zero-order chi connectivity index (χ0) is 14.1. The third-order valence-electron chi connectivity index (χ3n) is 2.67. The Labute approximate surface area is 121 Å². The van der Waals surface area contributed by atoms with Gasteiger partial charge in [-0.3, -0.25) is 0 Å². The number of tetrazole rings is 1. The van der Waals surface area contributed by atoms with Crippen molar-refractivity contribution in [1.82, 2.24) is 35.7 Å². The van der Waals surface area contributed by atoms with Crippen LogP contribution in [0, 0.1) is 0 Å². The summed E-state index contributed by atoms with van der Waals surface area (Å²) in [5, 5.41) is 18.0. The number of thiazole rings is 1. The van der Waals surface area contributed by atoms with Crippen LogP contribution in [0.2, 0.25) is 0 Å². The number of H-pyrrole nitrogens is 1. The van der Waals surface area contributed by atoms with Crippen molar-refractivity contribution >= 4 is 33.7 Å². The van der Waals surface area contributed by atoms with Crippen molar-refractivity contribution < 1.29 is 4.52 Å². The lowest BCUT2D eigenvalue weighted by molar-refractivity contribution is 0.411. The van der Waals surface area contributed by atoms with Crippen LogP contribution in [0.1, 0.15) is 10.9 Å². The van der Waals surface area contributed by atoms with Crippen molar-refractivity contribution in [2.24, 2.45) is 0 Å². The Hall–Kier alpha value is -2.94. The Morgan fingerprint density at radius 3 is 2.90 bits per heavy atom. The lowest BCUT2D eigenvalue weighted by Gasteiger charge is -1.80. The molecular weight excluding hydrogens is 290 g/mol. The zero-order valence-electron chi connectivity index (χ0n) is 10.5. The van der Waals surface area contributed by atoms with E-state index in [0.717, 1.165) is 15.2 Å². The Morgan fingerprint density at radius 2 is 2.05 bits per heavy atom. The zero-order valence-corrected chi connectivity index (χ0v) is 11.3. The van der Waals surface area contributed by atoms with Gasteiger partial charge >= 0.3 is 0 Å². The number of benzene rings is 1. The van der Waals surface area contributed by atoms with E-state index in [1.165, 1.54) is 0 Å². The summed E-state index contributed by atoms with van der Waals surface area (Å²) >= 11 is 1.59. The molecule has 0 saturated heterocycles. The minimum atomic E-state index is 0.285. The smallest absolute Gasteiger partial charge is 0.251 e. The van der Waals surface area contributed by atoms with E-state index in [1.807, 2.05) is 30.3 Å². The van der Waals surface area contributed by atoms with Crippen molar-refractivity contribution in [2.75, 3.05) is 0 Å². The standard InChI is InChI=1S/C12H7N7OS/c1-2-4-8-7(3-1)13-10(21-8)6-5-9-14-11(17-20-9)12-15-18-19-16-12/h1-6H,(H,15,16,18,19)/b6-5+. The molecule has 1 N–H and O–H groups in total. The van der Waals surface area contributed by atoms with E-state index in [1.54, 1.807) is 17.4 Å². The van der Waals surface area contributed by atoms with E-state index in [2.05, 4.69) is 35.7 Å². The quantitative estimate of drug-likeness (QED) is 0.616. The number of nitrogens with one attached hydrogen (secondary N) is 1. The highest BCUT2D eigenvalue weighted by Crippen LogP contribution is 2.23. The molecule has 9 heteroatoms. The van der Waals surface area contributed by atoms with Crippen LogP contribution in [-0.2, 0) is 0 Å². The molecule has 0 fully saturated rings. The summed E-state index contributed by atoms with van der Waals surface area (Å²) in [6.45, 7) is 0. The minimum absolute atomic E-state index is 0.285. The Balaban J connectivity index is 1.60. The van der Waals surface area contributed by atoms with Crippen molar-refractivity contribution in [3.05, 3.63) is 35.2 Å². The molecule has 0 amide bonds. The second kappa shape index (κ2) is 4.87. The van der Waals surface area contributed by atoms with Gasteiger partial charge in [-0.05, 0) is 23.4 Å². The third-order valence-corrected chi connectivity index (χ3v) is 3.67. The number of rotatable bonds is 3. The van der Waals surface area contributed by atoms with Gasteiger partial charge in [-0.1, -0.05) is 17.3 Å². The summed E-state index contributed by atoms with van der Waals surface area (Å²) in [6, 6.07) is 7.96. The van der Waals surface area contributed by atoms with Gasteiger partial charge in [-0.15, -0.1) is 21.5 Å². The van der Waals surface area contributed by atoms with Crippen LogP contribution >= 0.6 is 11.3 Å². The first-order valence-corrected chi connectivity index (χ1v) is 6.81. The Morgan fingerprint density at radius 1 is 1.10 bits per heavy atom. The first kappa shape index (κ1) is 11.9. The second-order valence-corrected chi connectivity index (χ2v) is 5.11. The first-order valence-electron chi connectivity index (χ1n) is 6.00. The van der Waals surface area contributed by atoms with E-state index >= 15 is 0 Å². The van der Waals surface area contributed by atoms with E-state index in [4.69, 9.17) is 4.52 Å². The molecule has 102 valence electrons. The van der Waals surface area contributed by atoms with Crippen LogP contribution in [0.5, 0.6) is 0 Å². The van der Waals surface area contributed by atoms with Gasteiger partial charge in [0.2, 0.25) is 11.6 Å². The average molecular weight is 297 g/mol. The molecule has 0 radical (unpaired) electrons. The molecule has 0 saturated carbocycles.